The Morgan fingerprint density at radius 3 is 2.59 bits per heavy atom. The van der Waals surface area contributed by atoms with Crippen LogP contribution in [0.25, 0.3) is 11.1 Å². The molecule has 3 rings (SSSR count). The van der Waals surface area contributed by atoms with Crippen LogP contribution in [0, 0.1) is 0 Å². The van der Waals surface area contributed by atoms with E-state index in [1.807, 2.05) is 12.1 Å². The third-order valence-corrected chi connectivity index (χ3v) is 3.89. The molecule has 5 nitrogen and oxygen atoms in total. The van der Waals surface area contributed by atoms with Gasteiger partial charge in [-0.1, -0.05) is 12.1 Å². The largest absolute Gasteiger partial charge is 0.477 e. The van der Waals surface area contributed by atoms with E-state index in [1.165, 1.54) is 6.07 Å². The van der Waals surface area contributed by atoms with Crippen molar-refractivity contribution in [2.75, 3.05) is 11.4 Å². The highest BCUT2D eigenvalue weighted by atomic mass is 16.4. The summed E-state index contributed by atoms with van der Waals surface area (Å²) in [6.07, 6.45) is 3.45. The van der Waals surface area contributed by atoms with Gasteiger partial charge < -0.3 is 10.0 Å². The number of hydrogen-bond acceptors (Lipinski definition) is 3. The van der Waals surface area contributed by atoms with E-state index in [-0.39, 0.29) is 11.6 Å². The maximum atomic E-state index is 11.7. The van der Waals surface area contributed by atoms with Gasteiger partial charge in [-0.25, -0.2) is 9.78 Å². The van der Waals surface area contributed by atoms with Gasteiger partial charge in [0.1, 0.15) is 5.69 Å². The lowest BCUT2D eigenvalue weighted by Gasteiger charge is -2.29. The number of hydrogen-bond donors (Lipinski definition) is 1. The van der Waals surface area contributed by atoms with Crippen LogP contribution >= 0.6 is 0 Å². The maximum Gasteiger partial charge on any atom is 0.354 e. The molecule has 0 aliphatic carbocycles. The minimum Gasteiger partial charge on any atom is -0.477 e. The number of fused-ring (bicyclic) bond motifs is 1. The van der Waals surface area contributed by atoms with Gasteiger partial charge in [0.05, 0.1) is 0 Å². The van der Waals surface area contributed by atoms with Crippen molar-refractivity contribution in [3.8, 4) is 11.1 Å². The molecule has 0 saturated heterocycles. The molecular formula is C17H16N2O3. The third kappa shape index (κ3) is 2.57. The summed E-state index contributed by atoms with van der Waals surface area (Å²) in [5.74, 6) is -0.977. The molecule has 0 spiro atoms. The van der Waals surface area contributed by atoms with Crippen LogP contribution in [-0.2, 0) is 11.2 Å². The number of pyridine rings is 1. The highest BCUT2D eigenvalue weighted by Crippen LogP contribution is 2.31. The summed E-state index contributed by atoms with van der Waals surface area (Å²) in [5, 5.41) is 8.89. The van der Waals surface area contributed by atoms with Crippen LogP contribution in [0.3, 0.4) is 0 Å². The number of nitrogens with zero attached hydrogens (tertiary/aromatic N) is 2. The topological polar surface area (TPSA) is 70.5 Å². The first kappa shape index (κ1) is 14.3. The number of rotatable bonds is 2. The second kappa shape index (κ2) is 5.60. The van der Waals surface area contributed by atoms with Crippen molar-refractivity contribution in [2.45, 2.75) is 19.8 Å². The molecule has 1 aromatic carbocycles. The fourth-order valence-corrected chi connectivity index (χ4v) is 2.79. The first-order valence-corrected chi connectivity index (χ1v) is 7.17. The Labute approximate surface area is 128 Å². The predicted molar refractivity (Wildman–Crippen MR) is 83.0 cm³/mol. The van der Waals surface area contributed by atoms with Gasteiger partial charge in [-0.2, -0.15) is 0 Å². The molecule has 1 aromatic heterocycles. The molecule has 0 saturated carbocycles. The summed E-state index contributed by atoms with van der Waals surface area (Å²) < 4.78 is 0. The average molecular weight is 296 g/mol. The van der Waals surface area contributed by atoms with E-state index in [0.29, 0.717) is 0 Å². The predicted octanol–water partition coefficient (Wildman–Crippen LogP) is 2.75. The number of anilines is 1. The van der Waals surface area contributed by atoms with Crippen molar-refractivity contribution in [1.82, 2.24) is 4.98 Å². The van der Waals surface area contributed by atoms with E-state index in [9.17, 15) is 9.59 Å². The zero-order valence-corrected chi connectivity index (χ0v) is 12.2. The number of amides is 1. The van der Waals surface area contributed by atoms with Gasteiger partial charge in [0.25, 0.3) is 0 Å². The molecule has 112 valence electrons. The Bertz CT molecular complexity index is 738. The Hall–Kier alpha value is -2.69. The number of aryl methyl sites for hydroxylation is 1. The molecule has 0 bridgehead atoms. The molecule has 1 amide bonds. The van der Waals surface area contributed by atoms with E-state index in [1.54, 1.807) is 24.1 Å². The molecular weight excluding hydrogens is 280 g/mol. The second-order valence-electron chi connectivity index (χ2n) is 5.35. The zero-order chi connectivity index (χ0) is 15.7. The monoisotopic (exact) mass is 296 g/mol. The fraction of sp³-hybridized carbons (Fsp3) is 0.235. The van der Waals surface area contributed by atoms with Gasteiger partial charge in [0.15, 0.2) is 0 Å². The van der Waals surface area contributed by atoms with Crippen LogP contribution in [-0.4, -0.2) is 28.5 Å². The maximum absolute atomic E-state index is 11.7. The van der Waals surface area contributed by atoms with Crippen molar-refractivity contribution >= 4 is 17.6 Å². The Morgan fingerprint density at radius 1 is 1.18 bits per heavy atom. The number of aromatic carboxylic acids is 1. The fourth-order valence-electron chi connectivity index (χ4n) is 2.79. The normalized spacial score (nSPS) is 13.6. The molecule has 5 heteroatoms. The lowest BCUT2D eigenvalue weighted by molar-refractivity contribution is -0.116. The number of carbonyl (C=O) groups excluding carboxylic acids is 1. The van der Waals surface area contributed by atoms with E-state index in [4.69, 9.17) is 5.11 Å². The van der Waals surface area contributed by atoms with Gasteiger partial charge >= 0.3 is 5.97 Å². The lowest BCUT2D eigenvalue weighted by Crippen LogP contribution is -2.33. The molecule has 0 unspecified atom stereocenters. The average Bonchev–Trinajstić information content (AvgIpc) is 2.53. The SMILES string of the molecule is CC(=O)N1CCCc2cc(-c3ccc(C(=O)O)nc3)ccc21. The number of benzene rings is 1. The van der Waals surface area contributed by atoms with Crippen LogP contribution in [0.4, 0.5) is 5.69 Å². The molecule has 0 fully saturated rings. The van der Waals surface area contributed by atoms with Gasteiger partial charge in [0.2, 0.25) is 5.91 Å². The minimum absolute atomic E-state index is 0.0319. The van der Waals surface area contributed by atoms with Gasteiger partial charge in [-0.3, -0.25) is 4.79 Å². The summed E-state index contributed by atoms with van der Waals surface area (Å²) in [6.45, 7) is 2.34. The van der Waals surface area contributed by atoms with E-state index < -0.39 is 5.97 Å². The second-order valence-corrected chi connectivity index (χ2v) is 5.35. The van der Waals surface area contributed by atoms with Crippen LogP contribution in [0.5, 0.6) is 0 Å². The number of carboxylic acids is 1. The number of carboxylic acid groups (broad SMARTS) is 1. The van der Waals surface area contributed by atoms with Crippen molar-refractivity contribution in [3.63, 3.8) is 0 Å². The Kier molecular flexibility index (Phi) is 3.63. The molecule has 1 aliphatic rings. The summed E-state index contributed by atoms with van der Waals surface area (Å²) in [5.41, 5.74) is 3.99. The third-order valence-electron chi connectivity index (χ3n) is 3.89. The summed E-state index contributed by atoms with van der Waals surface area (Å²) in [6, 6.07) is 9.21. The molecule has 22 heavy (non-hydrogen) atoms. The summed E-state index contributed by atoms with van der Waals surface area (Å²) in [7, 11) is 0. The quantitative estimate of drug-likeness (QED) is 0.925. The minimum atomic E-state index is -1.03. The van der Waals surface area contributed by atoms with Gasteiger partial charge in [0, 0.05) is 30.9 Å². The van der Waals surface area contributed by atoms with E-state index >= 15 is 0 Å². The molecule has 2 aromatic rings. The van der Waals surface area contributed by atoms with Crippen molar-refractivity contribution < 1.29 is 14.7 Å². The molecule has 1 N–H and O–H groups in total. The molecule has 2 heterocycles. The van der Waals surface area contributed by atoms with Crippen LogP contribution in [0.1, 0.15) is 29.4 Å². The summed E-state index contributed by atoms with van der Waals surface area (Å²) in [4.78, 5) is 28.3. The molecule has 0 atom stereocenters. The van der Waals surface area contributed by atoms with E-state index in [2.05, 4.69) is 11.1 Å². The number of aromatic nitrogens is 1. The first-order valence-electron chi connectivity index (χ1n) is 7.17. The zero-order valence-electron chi connectivity index (χ0n) is 12.2. The first-order chi connectivity index (χ1) is 10.6. The van der Waals surface area contributed by atoms with Crippen molar-refractivity contribution in [3.05, 3.63) is 47.8 Å². The van der Waals surface area contributed by atoms with E-state index in [0.717, 1.165) is 41.8 Å². The smallest absolute Gasteiger partial charge is 0.354 e. The Balaban J connectivity index is 1.96. The van der Waals surface area contributed by atoms with Gasteiger partial charge in [-0.05, 0) is 42.2 Å². The van der Waals surface area contributed by atoms with Crippen LogP contribution in [0.2, 0.25) is 0 Å². The highest BCUT2D eigenvalue weighted by molar-refractivity contribution is 5.93. The van der Waals surface area contributed by atoms with Gasteiger partial charge in [-0.15, -0.1) is 0 Å². The van der Waals surface area contributed by atoms with Crippen molar-refractivity contribution in [1.29, 1.82) is 0 Å². The Morgan fingerprint density at radius 2 is 1.95 bits per heavy atom. The molecule has 1 aliphatic heterocycles. The lowest BCUT2D eigenvalue weighted by atomic mass is 9.96. The standard InChI is InChI=1S/C17H16N2O3/c1-11(20)19-8-2-3-13-9-12(5-7-16(13)19)14-4-6-15(17(21)22)18-10-14/h4-7,9-10H,2-3,8H2,1H3,(H,21,22). The van der Waals surface area contributed by atoms with Crippen LogP contribution in [0.15, 0.2) is 36.5 Å². The van der Waals surface area contributed by atoms with Crippen molar-refractivity contribution in [2.24, 2.45) is 0 Å². The molecule has 0 radical (unpaired) electrons. The van der Waals surface area contributed by atoms with Crippen LogP contribution < -0.4 is 4.90 Å². The number of carbonyl (C=O) groups is 2. The highest BCUT2D eigenvalue weighted by Gasteiger charge is 2.20. The summed E-state index contributed by atoms with van der Waals surface area (Å²) >= 11 is 0.